The number of carbonyl (C=O) groups is 1. The van der Waals surface area contributed by atoms with E-state index < -0.39 is 5.97 Å². The van der Waals surface area contributed by atoms with Gasteiger partial charge in [-0.2, -0.15) is 0 Å². The van der Waals surface area contributed by atoms with E-state index in [0.29, 0.717) is 23.8 Å². The molecule has 0 radical (unpaired) electrons. The average molecular weight is 285 g/mol. The molecule has 2 bridgehead atoms. The van der Waals surface area contributed by atoms with Crippen LogP contribution in [0.5, 0.6) is 0 Å². The molecule has 2 fully saturated rings. The number of benzene rings is 1. The maximum atomic E-state index is 11.4. The van der Waals surface area contributed by atoms with E-state index in [1.807, 2.05) is 13.0 Å². The third kappa shape index (κ3) is 2.88. The second kappa shape index (κ2) is 6.02. The molecule has 2 unspecified atom stereocenters. The number of rotatable bonds is 4. The smallest absolute Gasteiger partial charge is 0.331 e. The molecule has 0 aromatic heterocycles. The minimum atomic E-state index is -0.707. The van der Waals surface area contributed by atoms with Gasteiger partial charge in [0.15, 0.2) is 0 Å². The fourth-order valence-corrected chi connectivity index (χ4v) is 4.07. The van der Waals surface area contributed by atoms with Crippen LogP contribution in [-0.2, 0) is 11.3 Å². The van der Waals surface area contributed by atoms with Crippen LogP contribution in [0, 0.1) is 11.8 Å². The van der Waals surface area contributed by atoms with Crippen LogP contribution in [0.3, 0.4) is 0 Å². The highest BCUT2D eigenvalue weighted by Crippen LogP contribution is 2.44. The Balaban J connectivity index is 1.76. The van der Waals surface area contributed by atoms with Crippen LogP contribution in [0.2, 0.25) is 0 Å². The van der Waals surface area contributed by atoms with Crippen LogP contribution >= 0.6 is 0 Å². The summed E-state index contributed by atoms with van der Waals surface area (Å²) in [7, 11) is 0. The minimum absolute atomic E-state index is 0.457. The first-order chi connectivity index (χ1) is 10.2. The summed E-state index contributed by atoms with van der Waals surface area (Å²) >= 11 is 0. The zero-order valence-corrected chi connectivity index (χ0v) is 12.6. The molecule has 3 heteroatoms. The normalized spacial score (nSPS) is 25.1. The number of aliphatic carboxylic acids is 1. The monoisotopic (exact) mass is 285 g/mol. The van der Waals surface area contributed by atoms with Crippen LogP contribution in [0.15, 0.2) is 41.5 Å². The first kappa shape index (κ1) is 14.3. The summed E-state index contributed by atoms with van der Waals surface area (Å²) in [4.78, 5) is 13.9. The van der Waals surface area contributed by atoms with Crippen LogP contribution in [-0.4, -0.2) is 29.1 Å². The van der Waals surface area contributed by atoms with Crippen molar-refractivity contribution in [1.82, 2.24) is 4.90 Å². The van der Waals surface area contributed by atoms with E-state index in [4.69, 9.17) is 0 Å². The van der Waals surface area contributed by atoms with E-state index in [9.17, 15) is 9.90 Å². The van der Waals surface area contributed by atoms with Crippen molar-refractivity contribution in [3.63, 3.8) is 0 Å². The fraction of sp³-hybridized carbons (Fsp3) is 0.500. The number of carboxylic acid groups (broad SMARTS) is 1. The number of fused-ring (bicyclic) bond motifs is 2. The van der Waals surface area contributed by atoms with Crippen molar-refractivity contribution in [2.45, 2.75) is 32.7 Å². The molecule has 1 N–H and O–H groups in total. The van der Waals surface area contributed by atoms with E-state index in [1.165, 1.54) is 11.1 Å². The van der Waals surface area contributed by atoms with Gasteiger partial charge in [0, 0.05) is 25.2 Å². The van der Waals surface area contributed by atoms with Crippen molar-refractivity contribution in [3.05, 3.63) is 47.0 Å². The fourth-order valence-electron chi connectivity index (χ4n) is 4.07. The molecule has 3 nitrogen and oxygen atoms in total. The molecule has 0 amide bonds. The number of piperidine rings is 1. The summed E-state index contributed by atoms with van der Waals surface area (Å²) < 4.78 is 0. The van der Waals surface area contributed by atoms with Gasteiger partial charge in [-0.1, -0.05) is 42.8 Å². The van der Waals surface area contributed by atoms with Gasteiger partial charge in [0.1, 0.15) is 0 Å². The molecule has 112 valence electrons. The molecule has 21 heavy (non-hydrogen) atoms. The maximum absolute atomic E-state index is 11.4. The number of hydrogen-bond acceptors (Lipinski definition) is 2. The van der Waals surface area contributed by atoms with E-state index in [-0.39, 0.29) is 0 Å². The largest absolute Gasteiger partial charge is 0.478 e. The van der Waals surface area contributed by atoms with Gasteiger partial charge in [0.25, 0.3) is 0 Å². The van der Waals surface area contributed by atoms with Crippen molar-refractivity contribution < 1.29 is 9.90 Å². The quantitative estimate of drug-likeness (QED) is 0.863. The Morgan fingerprint density at radius 3 is 2.33 bits per heavy atom. The zero-order valence-electron chi connectivity index (χ0n) is 12.6. The van der Waals surface area contributed by atoms with Crippen LogP contribution in [0.4, 0.5) is 0 Å². The lowest BCUT2D eigenvalue weighted by Crippen LogP contribution is -2.38. The van der Waals surface area contributed by atoms with Gasteiger partial charge in [-0.15, -0.1) is 0 Å². The summed E-state index contributed by atoms with van der Waals surface area (Å²) in [5, 5.41) is 9.42. The number of hydrogen-bond donors (Lipinski definition) is 1. The molecular weight excluding hydrogens is 262 g/mol. The predicted octanol–water partition coefficient (Wildman–Crippen LogP) is 3.32. The summed E-state index contributed by atoms with van der Waals surface area (Å²) in [6.07, 6.45) is 2.96. The molecule has 0 spiro atoms. The van der Waals surface area contributed by atoms with Gasteiger partial charge in [-0.05, 0) is 36.7 Å². The molecule has 1 aliphatic carbocycles. The molecule has 1 saturated heterocycles. The van der Waals surface area contributed by atoms with Crippen molar-refractivity contribution in [2.75, 3.05) is 13.1 Å². The maximum Gasteiger partial charge on any atom is 0.331 e. The van der Waals surface area contributed by atoms with Crippen LogP contribution in [0.25, 0.3) is 0 Å². The molecule has 3 rings (SSSR count). The summed E-state index contributed by atoms with van der Waals surface area (Å²) in [6, 6.07) is 10.5. The van der Waals surface area contributed by atoms with E-state index in [0.717, 1.165) is 32.5 Å². The molecule has 1 aromatic rings. The number of carboxylic acids is 1. The van der Waals surface area contributed by atoms with Gasteiger partial charge < -0.3 is 5.11 Å². The summed E-state index contributed by atoms with van der Waals surface area (Å²) in [5.74, 6) is 0.206. The Bertz CT molecular complexity index is 534. The van der Waals surface area contributed by atoms with Crippen LogP contribution in [0.1, 0.15) is 31.7 Å². The highest BCUT2D eigenvalue weighted by Gasteiger charge is 2.39. The van der Waals surface area contributed by atoms with Gasteiger partial charge in [0.2, 0.25) is 0 Å². The summed E-state index contributed by atoms with van der Waals surface area (Å²) in [5.41, 5.74) is 3.29. The zero-order chi connectivity index (χ0) is 14.8. The van der Waals surface area contributed by atoms with Gasteiger partial charge in [-0.25, -0.2) is 4.79 Å². The summed E-state index contributed by atoms with van der Waals surface area (Å²) in [6.45, 7) is 4.97. The van der Waals surface area contributed by atoms with Crippen molar-refractivity contribution >= 4 is 5.97 Å². The number of nitrogens with zero attached hydrogens (tertiary/aromatic N) is 1. The highest BCUT2D eigenvalue weighted by molar-refractivity contribution is 5.87. The molecule has 1 heterocycles. The third-order valence-corrected chi connectivity index (χ3v) is 4.91. The molecule has 1 aromatic carbocycles. The SMILES string of the molecule is CCC(C(=O)O)=C1C2CCC1CN(Cc1ccccc1)C2. The molecule has 2 aliphatic rings. The molecule has 1 saturated carbocycles. The van der Waals surface area contributed by atoms with Gasteiger partial charge >= 0.3 is 5.97 Å². The Labute approximate surface area is 126 Å². The lowest BCUT2D eigenvalue weighted by molar-refractivity contribution is -0.132. The third-order valence-electron chi connectivity index (χ3n) is 4.91. The second-order valence-electron chi connectivity index (χ2n) is 6.24. The Morgan fingerprint density at radius 1 is 1.19 bits per heavy atom. The van der Waals surface area contributed by atoms with Crippen LogP contribution < -0.4 is 0 Å². The van der Waals surface area contributed by atoms with Gasteiger partial charge in [0.05, 0.1) is 0 Å². The molecule has 2 atom stereocenters. The highest BCUT2D eigenvalue weighted by atomic mass is 16.4. The van der Waals surface area contributed by atoms with E-state index in [1.54, 1.807) is 0 Å². The van der Waals surface area contributed by atoms with E-state index in [2.05, 4.69) is 29.2 Å². The lowest BCUT2D eigenvalue weighted by Gasteiger charge is -2.35. The molecular formula is C18H23NO2. The van der Waals surface area contributed by atoms with Crippen molar-refractivity contribution in [2.24, 2.45) is 11.8 Å². The first-order valence-corrected chi connectivity index (χ1v) is 7.91. The first-order valence-electron chi connectivity index (χ1n) is 7.91. The lowest BCUT2D eigenvalue weighted by atomic mass is 9.86. The Hall–Kier alpha value is -1.61. The second-order valence-corrected chi connectivity index (χ2v) is 6.24. The molecule has 1 aliphatic heterocycles. The minimum Gasteiger partial charge on any atom is -0.478 e. The average Bonchev–Trinajstić information content (AvgIpc) is 2.72. The van der Waals surface area contributed by atoms with Crippen molar-refractivity contribution in [1.29, 1.82) is 0 Å². The van der Waals surface area contributed by atoms with Gasteiger partial charge in [-0.3, -0.25) is 4.90 Å². The van der Waals surface area contributed by atoms with Crippen molar-refractivity contribution in [3.8, 4) is 0 Å². The predicted molar refractivity (Wildman–Crippen MR) is 82.9 cm³/mol. The van der Waals surface area contributed by atoms with E-state index >= 15 is 0 Å². The Morgan fingerprint density at radius 2 is 1.81 bits per heavy atom. The number of likely N-dealkylation sites (tertiary alicyclic amines) is 1. The topological polar surface area (TPSA) is 40.5 Å². The standard InChI is InChI=1S/C18H23NO2/c1-2-16(18(20)21)17-14-8-9-15(17)12-19(11-14)10-13-6-4-3-5-7-13/h3-7,14-15H,2,8-12H2,1H3,(H,20,21). The Kier molecular flexibility index (Phi) is 4.11.